The van der Waals surface area contributed by atoms with Gasteiger partial charge in [0.1, 0.15) is 0 Å². The summed E-state index contributed by atoms with van der Waals surface area (Å²) in [7, 11) is 3.54. The van der Waals surface area contributed by atoms with Crippen LogP contribution in [0.15, 0.2) is 24.3 Å². The van der Waals surface area contributed by atoms with Gasteiger partial charge >= 0.3 is 0 Å². The third-order valence-corrected chi connectivity index (χ3v) is 1.80. The zero-order valence-electron chi connectivity index (χ0n) is 9.14. The number of benzene rings is 1. The number of carbonyl (C=O) groups excluding carboxylic acids is 1. The second kappa shape index (κ2) is 5.22. The molecule has 0 aliphatic heterocycles. The fourth-order valence-electron chi connectivity index (χ4n) is 1.18. The van der Waals surface area contributed by atoms with Gasteiger partial charge in [-0.3, -0.25) is 14.9 Å². The van der Waals surface area contributed by atoms with Crippen molar-refractivity contribution < 1.29 is 9.72 Å². The molecule has 0 saturated heterocycles. The third-order valence-electron chi connectivity index (χ3n) is 1.80. The van der Waals surface area contributed by atoms with Crippen molar-refractivity contribution in [2.75, 3.05) is 26.0 Å². The van der Waals surface area contributed by atoms with Crippen molar-refractivity contribution in [3.63, 3.8) is 0 Å². The van der Waals surface area contributed by atoms with Crippen molar-refractivity contribution in [1.82, 2.24) is 4.90 Å². The van der Waals surface area contributed by atoms with Gasteiger partial charge in [0.25, 0.3) is 5.69 Å². The highest BCUT2D eigenvalue weighted by atomic mass is 16.6. The van der Waals surface area contributed by atoms with E-state index < -0.39 is 4.92 Å². The maximum atomic E-state index is 11.4. The number of carbonyl (C=O) groups is 1. The van der Waals surface area contributed by atoms with Crippen LogP contribution in [0.4, 0.5) is 11.4 Å². The van der Waals surface area contributed by atoms with Crippen LogP contribution in [-0.2, 0) is 4.79 Å². The molecular weight excluding hydrogens is 210 g/mol. The molecule has 0 unspecified atom stereocenters. The van der Waals surface area contributed by atoms with Gasteiger partial charge in [0, 0.05) is 17.8 Å². The van der Waals surface area contributed by atoms with E-state index in [1.165, 1.54) is 18.2 Å². The Balaban J connectivity index is 2.70. The molecule has 0 aliphatic carbocycles. The molecule has 0 fully saturated rings. The predicted octanol–water partition coefficient (Wildman–Crippen LogP) is 1.09. The zero-order chi connectivity index (χ0) is 12.1. The van der Waals surface area contributed by atoms with Crippen molar-refractivity contribution in [2.24, 2.45) is 0 Å². The van der Waals surface area contributed by atoms with Crippen molar-refractivity contribution >= 4 is 17.3 Å². The quantitative estimate of drug-likeness (QED) is 0.612. The minimum absolute atomic E-state index is 0.0392. The van der Waals surface area contributed by atoms with E-state index in [1.807, 2.05) is 0 Å². The number of nitro groups is 1. The average Bonchev–Trinajstić information content (AvgIpc) is 2.16. The molecule has 0 bridgehead atoms. The molecule has 1 amide bonds. The summed E-state index contributed by atoms with van der Waals surface area (Å²) < 4.78 is 0. The van der Waals surface area contributed by atoms with Gasteiger partial charge in [0.15, 0.2) is 0 Å². The average molecular weight is 223 g/mol. The molecule has 1 rings (SSSR count). The van der Waals surface area contributed by atoms with Gasteiger partial charge in [-0.05, 0) is 20.2 Å². The van der Waals surface area contributed by atoms with Gasteiger partial charge in [0.05, 0.1) is 11.5 Å². The molecule has 0 atom stereocenters. The monoisotopic (exact) mass is 223 g/mol. The molecule has 86 valence electrons. The van der Waals surface area contributed by atoms with E-state index in [9.17, 15) is 14.9 Å². The molecule has 0 radical (unpaired) electrons. The number of amides is 1. The van der Waals surface area contributed by atoms with Gasteiger partial charge in [-0.25, -0.2) is 0 Å². The molecule has 0 heterocycles. The molecule has 6 nitrogen and oxygen atoms in total. The Labute approximate surface area is 93.0 Å². The smallest absolute Gasteiger partial charge is 0.271 e. The minimum atomic E-state index is -0.498. The van der Waals surface area contributed by atoms with Crippen LogP contribution in [0.25, 0.3) is 0 Å². The standard InChI is InChI=1S/C10H13N3O3/c1-12(2)7-10(14)11-8-4-3-5-9(6-8)13(15)16/h3-6H,7H2,1-2H3,(H,11,14). The van der Waals surface area contributed by atoms with Crippen LogP contribution in [0.5, 0.6) is 0 Å². The highest BCUT2D eigenvalue weighted by molar-refractivity contribution is 5.92. The van der Waals surface area contributed by atoms with Crippen LogP contribution in [0, 0.1) is 10.1 Å². The molecule has 0 aliphatic rings. The number of non-ortho nitro benzene ring substituents is 1. The van der Waals surface area contributed by atoms with Crippen LogP contribution in [0.2, 0.25) is 0 Å². The Kier molecular flexibility index (Phi) is 3.96. The topological polar surface area (TPSA) is 75.5 Å². The number of nitrogens with zero attached hydrogens (tertiary/aromatic N) is 2. The lowest BCUT2D eigenvalue weighted by molar-refractivity contribution is -0.384. The summed E-state index contributed by atoms with van der Waals surface area (Å²) in [5, 5.41) is 13.1. The van der Waals surface area contributed by atoms with E-state index in [2.05, 4.69) is 5.32 Å². The van der Waals surface area contributed by atoms with Crippen molar-refractivity contribution in [3.05, 3.63) is 34.4 Å². The Morgan fingerprint density at radius 1 is 1.50 bits per heavy atom. The fourth-order valence-corrected chi connectivity index (χ4v) is 1.18. The van der Waals surface area contributed by atoms with Gasteiger partial charge in [-0.1, -0.05) is 6.07 Å². The number of anilines is 1. The Hall–Kier alpha value is -1.95. The summed E-state index contributed by atoms with van der Waals surface area (Å²) in [5.74, 6) is -0.203. The minimum Gasteiger partial charge on any atom is -0.325 e. The highest BCUT2D eigenvalue weighted by Gasteiger charge is 2.08. The van der Waals surface area contributed by atoms with Crippen LogP contribution in [-0.4, -0.2) is 36.4 Å². The predicted molar refractivity (Wildman–Crippen MR) is 60.3 cm³/mol. The molecule has 16 heavy (non-hydrogen) atoms. The molecule has 6 heteroatoms. The largest absolute Gasteiger partial charge is 0.325 e. The molecule has 0 spiro atoms. The van der Waals surface area contributed by atoms with E-state index in [-0.39, 0.29) is 18.1 Å². The van der Waals surface area contributed by atoms with E-state index >= 15 is 0 Å². The van der Waals surface area contributed by atoms with E-state index in [0.29, 0.717) is 5.69 Å². The normalized spacial score (nSPS) is 10.2. The number of hydrogen-bond acceptors (Lipinski definition) is 4. The maximum absolute atomic E-state index is 11.4. The van der Waals surface area contributed by atoms with Crippen LogP contribution >= 0.6 is 0 Å². The number of likely N-dealkylation sites (N-methyl/N-ethyl adjacent to an activating group) is 1. The van der Waals surface area contributed by atoms with Crippen molar-refractivity contribution in [3.8, 4) is 0 Å². The fraction of sp³-hybridized carbons (Fsp3) is 0.300. The summed E-state index contributed by atoms with van der Waals surface area (Å²) in [5.41, 5.74) is 0.392. The first kappa shape index (κ1) is 12.1. The van der Waals surface area contributed by atoms with Gasteiger partial charge in [0.2, 0.25) is 5.91 Å². The summed E-state index contributed by atoms with van der Waals surface area (Å²) in [6.07, 6.45) is 0. The SMILES string of the molecule is CN(C)CC(=O)Nc1cccc([N+](=O)[O-])c1. The lowest BCUT2D eigenvalue weighted by Crippen LogP contribution is -2.27. The first-order chi connectivity index (χ1) is 7.49. The van der Waals surface area contributed by atoms with Crippen LogP contribution in [0.1, 0.15) is 0 Å². The van der Waals surface area contributed by atoms with Gasteiger partial charge < -0.3 is 10.2 Å². The second-order valence-corrected chi connectivity index (χ2v) is 3.59. The Bertz CT molecular complexity index is 404. The highest BCUT2D eigenvalue weighted by Crippen LogP contribution is 2.16. The van der Waals surface area contributed by atoms with E-state index in [4.69, 9.17) is 0 Å². The molecule has 1 aromatic carbocycles. The van der Waals surface area contributed by atoms with E-state index in [1.54, 1.807) is 25.1 Å². The third kappa shape index (κ3) is 3.66. The van der Waals surface area contributed by atoms with Crippen LogP contribution in [0.3, 0.4) is 0 Å². The van der Waals surface area contributed by atoms with Crippen LogP contribution < -0.4 is 5.32 Å². The van der Waals surface area contributed by atoms with Crippen molar-refractivity contribution in [1.29, 1.82) is 0 Å². The number of nitro benzene ring substituents is 1. The Morgan fingerprint density at radius 2 is 2.19 bits per heavy atom. The molecule has 1 N–H and O–H groups in total. The van der Waals surface area contributed by atoms with Gasteiger partial charge in [-0.2, -0.15) is 0 Å². The first-order valence-corrected chi connectivity index (χ1v) is 4.68. The molecular formula is C10H13N3O3. The Morgan fingerprint density at radius 3 is 2.75 bits per heavy atom. The van der Waals surface area contributed by atoms with Crippen molar-refractivity contribution in [2.45, 2.75) is 0 Å². The number of rotatable bonds is 4. The summed E-state index contributed by atoms with van der Waals surface area (Å²) >= 11 is 0. The molecule has 0 saturated carbocycles. The lowest BCUT2D eigenvalue weighted by atomic mass is 10.3. The molecule has 1 aromatic rings. The summed E-state index contributed by atoms with van der Waals surface area (Å²) in [6, 6.07) is 5.85. The van der Waals surface area contributed by atoms with Gasteiger partial charge in [-0.15, -0.1) is 0 Å². The summed E-state index contributed by atoms with van der Waals surface area (Å²) in [6.45, 7) is 0.239. The summed E-state index contributed by atoms with van der Waals surface area (Å²) in [4.78, 5) is 23.1. The number of nitrogens with one attached hydrogen (secondary N) is 1. The maximum Gasteiger partial charge on any atom is 0.271 e. The number of hydrogen-bond donors (Lipinski definition) is 1. The van der Waals surface area contributed by atoms with E-state index in [0.717, 1.165) is 0 Å². The second-order valence-electron chi connectivity index (χ2n) is 3.59. The zero-order valence-corrected chi connectivity index (χ0v) is 9.14. The first-order valence-electron chi connectivity index (χ1n) is 4.68. The molecule has 0 aromatic heterocycles. The lowest BCUT2D eigenvalue weighted by Gasteiger charge is -2.09.